The Morgan fingerprint density at radius 1 is 1.57 bits per heavy atom. The van der Waals surface area contributed by atoms with E-state index in [2.05, 4.69) is 10.1 Å². The summed E-state index contributed by atoms with van der Waals surface area (Å²) in [5, 5.41) is 9.54. The van der Waals surface area contributed by atoms with Gasteiger partial charge in [-0.2, -0.15) is 0 Å². The lowest BCUT2D eigenvalue weighted by Gasteiger charge is -2.06. The largest absolute Gasteiger partial charge is 0.465 e. The van der Waals surface area contributed by atoms with E-state index < -0.39 is 0 Å². The molecule has 0 spiro atoms. The van der Waals surface area contributed by atoms with Crippen molar-refractivity contribution in [2.24, 2.45) is 0 Å². The van der Waals surface area contributed by atoms with Gasteiger partial charge >= 0.3 is 5.97 Å². The standard InChI is InChI=1S/C10H12N2O2/c1-14-10(13)9-5-3-2-4-8(9)6-12-7-11/h2-5,7H,6H2,1H3,(H2,11,12). The molecule has 0 aliphatic heterocycles. The SMILES string of the molecule is COC(=O)c1ccccc1CNC=N. The first-order chi connectivity index (χ1) is 6.79. The fraction of sp³-hybridized carbons (Fsp3) is 0.200. The summed E-state index contributed by atoms with van der Waals surface area (Å²) in [4.78, 5) is 11.3. The molecule has 14 heavy (non-hydrogen) atoms. The van der Waals surface area contributed by atoms with Gasteiger partial charge in [-0.25, -0.2) is 4.79 Å². The van der Waals surface area contributed by atoms with E-state index >= 15 is 0 Å². The number of benzene rings is 1. The lowest BCUT2D eigenvalue weighted by Crippen LogP contribution is -2.13. The summed E-state index contributed by atoms with van der Waals surface area (Å²) in [6, 6.07) is 7.14. The summed E-state index contributed by atoms with van der Waals surface area (Å²) >= 11 is 0. The van der Waals surface area contributed by atoms with Crippen LogP contribution < -0.4 is 5.32 Å². The van der Waals surface area contributed by atoms with E-state index in [1.807, 2.05) is 12.1 Å². The molecular weight excluding hydrogens is 180 g/mol. The summed E-state index contributed by atoms with van der Waals surface area (Å²) in [5.74, 6) is -0.354. The van der Waals surface area contributed by atoms with Gasteiger partial charge in [-0.3, -0.25) is 5.41 Å². The summed E-state index contributed by atoms with van der Waals surface area (Å²) in [6.07, 6.45) is 1.09. The maximum atomic E-state index is 11.3. The molecule has 1 aromatic carbocycles. The van der Waals surface area contributed by atoms with Gasteiger partial charge in [-0.15, -0.1) is 0 Å². The van der Waals surface area contributed by atoms with Gasteiger partial charge in [-0.1, -0.05) is 18.2 Å². The van der Waals surface area contributed by atoms with Crippen molar-refractivity contribution in [1.29, 1.82) is 5.41 Å². The van der Waals surface area contributed by atoms with Crippen molar-refractivity contribution in [3.8, 4) is 0 Å². The number of ether oxygens (including phenoxy) is 1. The maximum Gasteiger partial charge on any atom is 0.338 e. The van der Waals surface area contributed by atoms with Gasteiger partial charge in [0.1, 0.15) is 0 Å². The molecule has 0 aliphatic rings. The lowest BCUT2D eigenvalue weighted by atomic mass is 10.1. The fourth-order valence-electron chi connectivity index (χ4n) is 1.14. The highest BCUT2D eigenvalue weighted by Gasteiger charge is 2.09. The maximum absolute atomic E-state index is 11.3. The predicted molar refractivity (Wildman–Crippen MR) is 53.4 cm³/mol. The first-order valence-corrected chi connectivity index (χ1v) is 4.18. The van der Waals surface area contributed by atoms with Crippen LogP contribution in [-0.4, -0.2) is 19.4 Å². The molecular formula is C10H12N2O2. The molecule has 0 fully saturated rings. The monoisotopic (exact) mass is 192 g/mol. The van der Waals surface area contributed by atoms with Gasteiger partial charge < -0.3 is 10.1 Å². The summed E-state index contributed by atoms with van der Waals surface area (Å²) in [7, 11) is 1.35. The van der Waals surface area contributed by atoms with Crippen molar-refractivity contribution in [2.45, 2.75) is 6.54 Å². The van der Waals surface area contributed by atoms with Crippen LogP contribution >= 0.6 is 0 Å². The van der Waals surface area contributed by atoms with Crippen LogP contribution in [0.5, 0.6) is 0 Å². The molecule has 0 bridgehead atoms. The highest BCUT2D eigenvalue weighted by molar-refractivity contribution is 5.91. The van der Waals surface area contributed by atoms with Gasteiger partial charge in [0.2, 0.25) is 0 Å². The fourth-order valence-corrected chi connectivity index (χ4v) is 1.14. The number of esters is 1. The van der Waals surface area contributed by atoms with Crippen molar-refractivity contribution in [2.75, 3.05) is 7.11 Å². The predicted octanol–water partition coefficient (Wildman–Crippen LogP) is 1.17. The second-order valence-corrected chi connectivity index (χ2v) is 2.67. The molecule has 0 aliphatic carbocycles. The van der Waals surface area contributed by atoms with Crippen LogP contribution in [0.25, 0.3) is 0 Å². The third kappa shape index (κ3) is 2.32. The van der Waals surface area contributed by atoms with Crippen LogP contribution in [0, 0.1) is 5.41 Å². The Morgan fingerprint density at radius 3 is 2.93 bits per heavy atom. The molecule has 0 saturated carbocycles. The molecule has 4 heteroatoms. The number of carbonyl (C=O) groups is 1. The van der Waals surface area contributed by atoms with E-state index in [0.717, 1.165) is 11.9 Å². The molecule has 0 radical (unpaired) electrons. The molecule has 0 heterocycles. The van der Waals surface area contributed by atoms with Crippen molar-refractivity contribution in [1.82, 2.24) is 5.32 Å². The van der Waals surface area contributed by atoms with E-state index in [9.17, 15) is 4.79 Å². The number of carbonyl (C=O) groups excluding carboxylic acids is 1. The first kappa shape index (κ1) is 10.2. The van der Waals surface area contributed by atoms with Crippen LogP contribution in [0.3, 0.4) is 0 Å². The average molecular weight is 192 g/mol. The van der Waals surface area contributed by atoms with Gasteiger partial charge in [0.25, 0.3) is 0 Å². The Morgan fingerprint density at radius 2 is 2.29 bits per heavy atom. The van der Waals surface area contributed by atoms with Gasteiger partial charge in [0.05, 0.1) is 19.0 Å². The highest BCUT2D eigenvalue weighted by atomic mass is 16.5. The van der Waals surface area contributed by atoms with Crippen molar-refractivity contribution < 1.29 is 9.53 Å². The van der Waals surface area contributed by atoms with E-state index in [0.29, 0.717) is 12.1 Å². The molecule has 1 rings (SSSR count). The molecule has 4 nitrogen and oxygen atoms in total. The summed E-state index contributed by atoms with van der Waals surface area (Å²) < 4.78 is 4.63. The Bertz CT molecular complexity index is 337. The zero-order valence-corrected chi connectivity index (χ0v) is 7.91. The van der Waals surface area contributed by atoms with Crippen molar-refractivity contribution in [3.05, 3.63) is 35.4 Å². The Balaban J connectivity index is 2.90. The van der Waals surface area contributed by atoms with E-state index in [1.165, 1.54) is 7.11 Å². The second-order valence-electron chi connectivity index (χ2n) is 2.67. The average Bonchev–Trinajstić information content (AvgIpc) is 2.25. The molecule has 0 saturated heterocycles. The number of nitrogens with one attached hydrogen (secondary N) is 2. The zero-order chi connectivity index (χ0) is 10.4. The van der Waals surface area contributed by atoms with Crippen molar-refractivity contribution >= 4 is 12.3 Å². The van der Waals surface area contributed by atoms with Crippen LogP contribution in [0.1, 0.15) is 15.9 Å². The molecule has 0 unspecified atom stereocenters. The number of hydrogen-bond donors (Lipinski definition) is 2. The Hall–Kier alpha value is -1.84. The smallest absolute Gasteiger partial charge is 0.338 e. The van der Waals surface area contributed by atoms with Gasteiger partial charge in [0, 0.05) is 6.54 Å². The van der Waals surface area contributed by atoms with Crippen LogP contribution in [0.4, 0.5) is 0 Å². The molecule has 2 N–H and O–H groups in total. The normalized spacial score (nSPS) is 9.21. The van der Waals surface area contributed by atoms with Crippen LogP contribution in [0.15, 0.2) is 24.3 Å². The molecule has 74 valence electrons. The summed E-state index contributed by atoms with van der Waals surface area (Å²) in [6.45, 7) is 0.453. The minimum Gasteiger partial charge on any atom is -0.465 e. The highest BCUT2D eigenvalue weighted by Crippen LogP contribution is 2.09. The van der Waals surface area contributed by atoms with Gasteiger partial charge in [-0.05, 0) is 11.6 Å². The Labute approximate surface area is 82.4 Å². The molecule has 0 atom stereocenters. The third-order valence-corrected chi connectivity index (χ3v) is 1.82. The quantitative estimate of drug-likeness (QED) is 0.427. The minimum atomic E-state index is -0.354. The minimum absolute atomic E-state index is 0.354. The topological polar surface area (TPSA) is 62.2 Å². The van der Waals surface area contributed by atoms with E-state index in [-0.39, 0.29) is 5.97 Å². The Kier molecular flexibility index (Phi) is 3.67. The lowest BCUT2D eigenvalue weighted by molar-refractivity contribution is 0.0599. The van der Waals surface area contributed by atoms with Crippen LogP contribution in [-0.2, 0) is 11.3 Å². The van der Waals surface area contributed by atoms with Gasteiger partial charge in [0.15, 0.2) is 0 Å². The summed E-state index contributed by atoms with van der Waals surface area (Å²) in [5.41, 5.74) is 1.35. The molecule has 0 aromatic heterocycles. The third-order valence-electron chi connectivity index (χ3n) is 1.82. The number of methoxy groups -OCH3 is 1. The number of rotatable bonds is 4. The zero-order valence-electron chi connectivity index (χ0n) is 7.91. The van der Waals surface area contributed by atoms with E-state index in [1.54, 1.807) is 12.1 Å². The van der Waals surface area contributed by atoms with E-state index in [4.69, 9.17) is 5.41 Å². The van der Waals surface area contributed by atoms with Crippen LogP contribution in [0.2, 0.25) is 0 Å². The molecule has 1 aromatic rings. The number of hydrogen-bond acceptors (Lipinski definition) is 3. The van der Waals surface area contributed by atoms with Crippen molar-refractivity contribution in [3.63, 3.8) is 0 Å². The first-order valence-electron chi connectivity index (χ1n) is 4.18. The second kappa shape index (κ2) is 5.01. The molecule has 0 amide bonds.